The van der Waals surface area contributed by atoms with Crippen molar-refractivity contribution in [3.8, 4) is 5.75 Å². The zero-order valence-corrected chi connectivity index (χ0v) is 8.28. The molecule has 15 heavy (non-hydrogen) atoms. The fourth-order valence-corrected chi connectivity index (χ4v) is 1.01. The Hall–Kier alpha value is -1.33. The number of aliphatic hydroxyl groups is 1. The molecular weight excluding hydrogens is 201 g/mol. The summed E-state index contributed by atoms with van der Waals surface area (Å²) in [5, 5.41) is 8.42. The molecule has 0 spiro atoms. The number of nitrogens with two attached hydrogens (primary N) is 1. The predicted octanol–water partition coefficient (Wildman–Crippen LogP) is 0.796. The van der Waals surface area contributed by atoms with Crippen LogP contribution in [-0.2, 0) is 4.74 Å². The van der Waals surface area contributed by atoms with Gasteiger partial charge in [0, 0.05) is 11.8 Å². The molecule has 0 bridgehead atoms. The van der Waals surface area contributed by atoms with Crippen molar-refractivity contribution in [2.24, 2.45) is 0 Å². The van der Waals surface area contributed by atoms with Gasteiger partial charge in [0.2, 0.25) is 0 Å². The highest BCUT2D eigenvalue weighted by Crippen LogP contribution is 2.18. The van der Waals surface area contributed by atoms with Gasteiger partial charge in [-0.05, 0) is 12.1 Å². The van der Waals surface area contributed by atoms with Crippen LogP contribution in [0.5, 0.6) is 5.75 Å². The lowest BCUT2D eigenvalue weighted by molar-refractivity contribution is 0.0696. The lowest BCUT2D eigenvalue weighted by Crippen LogP contribution is -2.09. The van der Waals surface area contributed by atoms with Gasteiger partial charge in [0.05, 0.1) is 19.8 Å². The summed E-state index contributed by atoms with van der Waals surface area (Å²) < 4.78 is 23.2. The number of anilines is 1. The Kier molecular flexibility index (Phi) is 4.86. The van der Waals surface area contributed by atoms with Crippen LogP contribution in [0, 0.1) is 5.82 Å². The van der Waals surface area contributed by atoms with Gasteiger partial charge in [-0.3, -0.25) is 0 Å². The SMILES string of the molecule is Nc1ccc(OCCOCCO)c(F)c1. The molecule has 0 aliphatic carbocycles. The van der Waals surface area contributed by atoms with E-state index in [1.165, 1.54) is 12.1 Å². The molecule has 0 amide bonds. The Morgan fingerprint density at radius 2 is 2.07 bits per heavy atom. The topological polar surface area (TPSA) is 64.7 Å². The third kappa shape index (κ3) is 4.14. The zero-order valence-electron chi connectivity index (χ0n) is 8.28. The number of benzene rings is 1. The average molecular weight is 215 g/mol. The quantitative estimate of drug-likeness (QED) is 0.544. The maximum Gasteiger partial charge on any atom is 0.167 e. The van der Waals surface area contributed by atoms with Gasteiger partial charge in [0.1, 0.15) is 6.61 Å². The number of hydrogen-bond acceptors (Lipinski definition) is 4. The van der Waals surface area contributed by atoms with Crippen molar-refractivity contribution in [3.63, 3.8) is 0 Å². The predicted molar refractivity (Wildman–Crippen MR) is 54.2 cm³/mol. The van der Waals surface area contributed by atoms with Crippen LogP contribution in [0.3, 0.4) is 0 Å². The van der Waals surface area contributed by atoms with Gasteiger partial charge in [-0.1, -0.05) is 0 Å². The number of nitrogen functional groups attached to an aromatic ring is 1. The molecule has 5 heteroatoms. The highest BCUT2D eigenvalue weighted by Gasteiger charge is 2.02. The first-order valence-electron chi connectivity index (χ1n) is 4.60. The molecule has 0 heterocycles. The summed E-state index contributed by atoms with van der Waals surface area (Å²) in [6, 6.07) is 4.23. The normalized spacial score (nSPS) is 10.3. The minimum Gasteiger partial charge on any atom is -0.488 e. The molecule has 0 aliphatic heterocycles. The van der Waals surface area contributed by atoms with E-state index in [4.69, 9.17) is 20.3 Å². The molecule has 0 aromatic heterocycles. The fraction of sp³-hybridized carbons (Fsp3) is 0.400. The lowest BCUT2D eigenvalue weighted by Gasteiger charge is -2.07. The Labute approximate surface area is 87.4 Å². The molecule has 0 unspecified atom stereocenters. The summed E-state index contributed by atoms with van der Waals surface area (Å²) in [5.74, 6) is -0.339. The molecule has 1 aromatic carbocycles. The van der Waals surface area contributed by atoms with E-state index in [0.29, 0.717) is 12.3 Å². The van der Waals surface area contributed by atoms with Crippen molar-refractivity contribution in [2.45, 2.75) is 0 Å². The smallest absolute Gasteiger partial charge is 0.167 e. The molecule has 4 nitrogen and oxygen atoms in total. The maximum atomic E-state index is 13.1. The third-order valence-electron chi connectivity index (χ3n) is 1.68. The molecule has 0 aliphatic rings. The first-order chi connectivity index (χ1) is 7.24. The Bertz CT molecular complexity index is 307. The summed E-state index contributed by atoms with van der Waals surface area (Å²) in [6.45, 7) is 0.773. The zero-order chi connectivity index (χ0) is 11.1. The molecular formula is C10H14FNO3. The molecule has 3 N–H and O–H groups in total. The molecule has 0 saturated carbocycles. The van der Waals surface area contributed by atoms with Crippen molar-refractivity contribution in [3.05, 3.63) is 24.0 Å². The van der Waals surface area contributed by atoms with Crippen LogP contribution < -0.4 is 10.5 Å². The van der Waals surface area contributed by atoms with Gasteiger partial charge < -0.3 is 20.3 Å². The molecule has 0 radical (unpaired) electrons. The van der Waals surface area contributed by atoms with Gasteiger partial charge in [-0.2, -0.15) is 0 Å². The van der Waals surface area contributed by atoms with Crippen LogP contribution in [-0.4, -0.2) is 31.5 Å². The van der Waals surface area contributed by atoms with Crippen LogP contribution >= 0.6 is 0 Å². The minimum absolute atomic E-state index is 0.0315. The van der Waals surface area contributed by atoms with E-state index >= 15 is 0 Å². The minimum atomic E-state index is -0.489. The molecule has 0 saturated heterocycles. The number of aliphatic hydroxyl groups excluding tert-OH is 1. The third-order valence-corrected chi connectivity index (χ3v) is 1.68. The summed E-state index contributed by atoms with van der Waals surface area (Å²) in [4.78, 5) is 0. The van der Waals surface area contributed by atoms with Crippen LogP contribution in [0.1, 0.15) is 0 Å². The van der Waals surface area contributed by atoms with Crippen molar-refractivity contribution in [1.29, 1.82) is 0 Å². The highest BCUT2D eigenvalue weighted by atomic mass is 19.1. The summed E-state index contributed by atoms with van der Waals surface area (Å²) in [5.41, 5.74) is 5.73. The Morgan fingerprint density at radius 3 is 2.73 bits per heavy atom. The number of rotatable bonds is 6. The fourth-order valence-electron chi connectivity index (χ4n) is 1.01. The summed E-state index contributed by atoms with van der Waals surface area (Å²) in [6.07, 6.45) is 0. The number of hydrogen-bond donors (Lipinski definition) is 2. The van der Waals surface area contributed by atoms with Crippen LogP contribution in [0.15, 0.2) is 18.2 Å². The van der Waals surface area contributed by atoms with E-state index in [1.54, 1.807) is 6.07 Å². The second-order valence-electron chi connectivity index (χ2n) is 2.87. The van der Waals surface area contributed by atoms with Gasteiger partial charge in [-0.25, -0.2) is 4.39 Å². The largest absolute Gasteiger partial charge is 0.488 e. The summed E-state index contributed by atoms with van der Waals surface area (Å²) in [7, 11) is 0. The maximum absolute atomic E-state index is 13.1. The van der Waals surface area contributed by atoms with Crippen molar-refractivity contribution in [1.82, 2.24) is 0 Å². The van der Waals surface area contributed by atoms with Crippen molar-refractivity contribution < 1.29 is 19.0 Å². The molecule has 1 aromatic rings. The van der Waals surface area contributed by atoms with E-state index in [2.05, 4.69) is 0 Å². The van der Waals surface area contributed by atoms with E-state index in [1.807, 2.05) is 0 Å². The van der Waals surface area contributed by atoms with Gasteiger partial charge >= 0.3 is 0 Å². The van der Waals surface area contributed by atoms with Crippen molar-refractivity contribution >= 4 is 5.69 Å². The molecule has 0 atom stereocenters. The average Bonchev–Trinajstić information content (AvgIpc) is 2.20. The van der Waals surface area contributed by atoms with Gasteiger partial charge in [0.15, 0.2) is 11.6 Å². The Balaban J connectivity index is 2.31. The van der Waals surface area contributed by atoms with Crippen LogP contribution in [0.2, 0.25) is 0 Å². The first kappa shape index (κ1) is 11.7. The molecule has 84 valence electrons. The van der Waals surface area contributed by atoms with Gasteiger partial charge in [-0.15, -0.1) is 0 Å². The standard InChI is InChI=1S/C10H14FNO3/c11-9-7-8(12)1-2-10(9)15-6-5-14-4-3-13/h1-2,7,13H,3-6,12H2. The number of halogens is 1. The second kappa shape index (κ2) is 6.21. The second-order valence-corrected chi connectivity index (χ2v) is 2.87. The van der Waals surface area contributed by atoms with E-state index < -0.39 is 5.82 Å². The van der Waals surface area contributed by atoms with Crippen LogP contribution in [0.4, 0.5) is 10.1 Å². The number of ether oxygens (including phenoxy) is 2. The monoisotopic (exact) mass is 215 g/mol. The van der Waals surface area contributed by atoms with Crippen molar-refractivity contribution in [2.75, 3.05) is 32.2 Å². The van der Waals surface area contributed by atoms with E-state index in [9.17, 15) is 4.39 Å². The van der Waals surface area contributed by atoms with E-state index in [-0.39, 0.29) is 25.6 Å². The summed E-state index contributed by atoms with van der Waals surface area (Å²) >= 11 is 0. The lowest BCUT2D eigenvalue weighted by atomic mass is 10.3. The molecule has 0 fully saturated rings. The van der Waals surface area contributed by atoms with Gasteiger partial charge in [0.25, 0.3) is 0 Å². The highest BCUT2D eigenvalue weighted by molar-refractivity contribution is 5.42. The first-order valence-corrected chi connectivity index (χ1v) is 4.60. The van der Waals surface area contributed by atoms with Crippen LogP contribution in [0.25, 0.3) is 0 Å². The molecule has 1 rings (SSSR count). The van der Waals surface area contributed by atoms with E-state index in [0.717, 1.165) is 0 Å². The Morgan fingerprint density at radius 1 is 1.27 bits per heavy atom.